The van der Waals surface area contributed by atoms with Gasteiger partial charge in [-0.2, -0.15) is 0 Å². The highest BCUT2D eigenvalue weighted by Crippen LogP contribution is 2.36. The number of hydrogen-bond donors (Lipinski definition) is 1. The smallest absolute Gasteiger partial charge is 0.255 e. The van der Waals surface area contributed by atoms with Crippen molar-refractivity contribution in [2.45, 2.75) is 69.2 Å². The molecule has 1 aromatic carbocycles. The van der Waals surface area contributed by atoms with Crippen LogP contribution in [0.5, 0.6) is 5.75 Å². The number of carbonyl (C=O) groups is 3. The molecule has 6 rings (SSSR count). The van der Waals surface area contributed by atoms with E-state index < -0.39 is 11.9 Å². The van der Waals surface area contributed by atoms with E-state index in [9.17, 15) is 14.4 Å². The number of imide groups is 1. The van der Waals surface area contributed by atoms with Gasteiger partial charge >= 0.3 is 0 Å². The number of hydrogen-bond acceptors (Lipinski definition) is 7. The van der Waals surface area contributed by atoms with Crippen LogP contribution in [0.2, 0.25) is 0 Å². The largest absolute Gasteiger partial charge is 0.489 e. The molecule has 36 heavy (non-hydrogen) atoms. The monoisotopic (exact) mass is 553 g/mol. The molecule has 3 aliphatic heterocycles. The molecule has 1 saturated carbocycles. The van der Waals surface area contributed by atoms with Gasteiger partial charge in [0.05, 0.1) is 4.47 Å². The summed E-state index contributed by atoms with van der Waals surface area (Å²) in [6.45, 7) is 2.23. The fourth-order valence-electron chi connectivity index (χ4n) is 5.91. The van der Waals surface area contributed by atoms with Gasteiger partial charge in [0.2, 0.25) is 11.8 Å². The average molecular weight is 554 g/mol. The molecule has 1 aliphatic carbocycles. The van der Waals surface area contributed by atoms with Gasteiger partial charge in [-0.1, -0.05) is 6.42 Å². The van der Waals surface area contributed by atoms with E-state index in [2.05, 4.69) is 36.1 Å². The predicted octanol–water partition coefficient (Wildman–Crippen LogP) is 2.79. The Balaban J connectivity index is 1.11. The average Bonchev–Trinajstić information content (AvgIpc) is 3.16. The Morgan fingerprint density at radius 1 is 1.03 bits per heavy atom. The number of nitrogens with zero attached hydrogens (tertiary/aromatic N) is 4. The molecule has 1 N–H and O–H groups in total. The Morgan fingerprint density at radius 3 is 2.58 bits per heavy atom. The normalized spacial score (nSPS) is 27.0. The number of carbonyl (C=O) groups excluding carboxylic acids is 3. The van der Waals surface area contributed by atoms with Gasteiger partial charge in [0, 0.05) is 56.0 Å². The molecule has 3 fully saturated rings. The standard InChI is InChI=1S/C26H28BrN5O4/c27-17-10-28-24(29-11-17)16-12-31(13-16)20-3-1-2-4-22(20)36-18-5-6-19-15(9-18)14-32(26(19)35)21-7-8-23(33)30-25(21)34/h5-6,9-11,16,20-22H,1-4,7-8,12-14H2,(H,30,33,34)/t20-,21+,22+/m1/s1. The van der Waals surface area contributed by atoms with Crippen molar-refractivity contribution < 1.29 is 19.1 Å². The van der Waals surface area contributed by atoms with Crippen LogP contribution in [0.15, 0.2) is 35.1 Å². The quantitative estimate of drug-likeness (QED) is 0.567. The highest BCUT2D eigenvalue weighted by molar-refractivity contribution is 9.10. The molecule has 4 heterocycles. The molecule has 0 bridgehead atoms. The first kappa shape index (κ1) is 23.5. The molecule has 9 nitrogen and oxygen atoms in total. The van der Waals surface area contributed by atoms with Gasteiger partial charge in [0.15, 0.2) is 0 Å². The van der Waals surface area contributed by atoms with E-state index in [1.807, 2.05) is 12.1 Å². The van der Waals surface area contributed by atoms with Crippen molar-refractivity contribution in [2.75, 3.05) is 13.1 Å². The summed E-state index contributed by atoms with van der Waals surface area (Å²) in [5, 5.41) is 2.35. The first-order chi connectivity index (χ1) is 17.5. The summed E-state index contributed by atoms with van der Waals surface area (Å²) in [5.41, 5.74) is 1.47. The van der Waals surface area contributed by atoms with Crippen molar-refractivity contribution >= 4 is 33.7 Å². The maximum atomic E-state index is 13.0. The fourth-order valence-corrected chi connectivity index (χ4v) is 6.12. The summed E-state index contributed by atoms with van der Waals surface area (Å²) >= 11 is 3.40. The third kappa shape index (κ3) is 4.41. The number of likely N-dealkylation sites (tertiary alicyclic amines) is 1. The van der Waals surface area contributed by atoms with Crippen LogP contribution in [0, 0.1) is 0 Å². The van der Waals surface area contributed by atoms with Crippen molar-refractivity contribution in [3.8, 4) is 5.75 Å². The summed E-state index contributed by atoms with van der Waals surface area (Å²) in [4.78, 5) is 49.8. The van der Waals surface area contributed by atoms with Gasteiger partial charge in [0.1, 0.15) is 23.7 Å². The third-order valence-corrected chi connectivity index (χ3v) is 8.24. The second-order valence-electron chi connectivity index (χ2n) is 10.1. The molecule has 0 spiro atoms. The van der Waals surface area contributed by atoms with Gasteiger partial charge in [-0.15, -0.1) is 0 Å². The molecule has 4 aliphatic rings. The Bertz CT molecular complexity index is 1200. The van der Waals surface area contributed by atoms with E-state index in [4.69, 9.17) is 4.74 Å². The maximum absolute atomic E-state index is 13.0. The number of rotatable bonds is 5. The number of piperidine rings is 1. The van der Waals surface area contributed by atoms with E-state index in [1.165, 1.54) is 6.42 Å². The number of fused-ring (bicyclic) bond motifs is 1. The molecule has 188 valence electrons. The van der Waals surface area contributed by atoms with Crippen LogP contribution in [-0.4, -0.2) is 68.8 Å². The second kappa shape index (κ2) is 9.55. The molecular weight excluding hydrogens is 526 g/mol. The predicted molar refractivity (Wildman–Crippen MR) is 133 cm³/mol. The van der Waals surface area contributed by atoms with Gasteiger partial charge in [-0.05, 0) is 65.4 Å². The molecule has 3 amide bonds. The number of ether oxygens (including phenoxy) is 1. The van der Waals surface area contributed by atoms with Gasteiger partial charge < -0.3 is 9.64 Å². The minimum atomic E-state index is -0.608. The molecule has 2 saturated heterocycles. The van der Waals surface area contributed by atoms with Crippen molar-refractivity contribution in [3.05, 3.63) is 52.0 Å². The Kier molecular flexibility index (Phi) is 6.25. The van der Waals surface area contributed by atoms with Crippen molar-refractivity contribution in [1.82, 2.24) is 25.1 Å². The zero-order valence-electron chi connectivity index (χ0n) is 19.9. The van der Waals surface area contributed by atoms with Crippen LogP contribution >= 0.6 is 15.9 Å². The van der Waals surface area contributed by atoms with Gasteiger partial charge in [-0.25, -0.2) is 9.97 Å². The molecule has 2 aromatic rings. The zero-order valence-corrected chi connectivity index (χ0v) is 21.4. The van der Waals surface area contributed by atoms with E-state index >= 15 is 0 Å². The number of amides is 3. The molecule has 3 atom stereocenters. The summed E-state index contributed by atoms with van der Waals surface area (Å²) in [6.07, 6.45) is 8.74. The van der Waals surface area contributed by atoms with Crippen LogP contribution < -0.4 is 10.1 Å². The molecule has 0 unspecified atom stereocenters. The zero-order chi connectivity index (χ0) is 24.8. The SMILES string of the molecule is O=C1CC[C@H](N2Cc3cc(O[C@H]4CCCC[C@H]4N4CC(c5ncc(Br)cn5)C4)ccc3C2=O)C(=O)N1. The lowest BCUT2D eigenvalue weighted by molar-refractivity contribution is -0.136. The van der Waals surface area contributed by atoms with Crippen molar-refractivity contribution in [2.24, 2.45) is 0 Å². The van der Waals surface area contributed by atoms with E-state index in [1.54, 1.807) is 23.4 Å². The summed E-state index contributed by atoms with van der Waals surface area (Å²) in [5.74, 6) is 1.17. The maximum Gasteiger partial charge on any atom is 0.255 e. The Morgan fingerprint density at radius 2 is 1.81 bits per heavy atom. The van der Waals surface area contributed by atoms with Gasteiger partial charge in [-0.3, -0.25) is 24.6 Å². The lowest BCUT2D eigenvalue weighted by Crippen LogP contribution is -2.57. The van der Waals surface area contributed by atoms with Crippen molar-refractivity contribution in [3.63, 3.8) is 0 Å². The van der Waals surface area contributed by atoms with Crippen LogP contribution in [0.4, 0.5) is 0 Å². The van der Waals surface area contributed by atoms with Crippen LogP contribution in [0.3, 0.4) is 0 Å². The lowest BCUT2D eigenvalue weighted by Gasteiger charge is -2.47. The van der Waals surface area contributed by atoms with Gasteiger partial charge in [0.25, 0.3) is 5.91 Å². The molecule has 0 radical (unpaired) electrons. The van der Waals surface area contributed by atoms with Crippen molar-refractivity contribution in [1.29, 1.82) is 0 Å². The van der Waals surface area contributed by atoms with Crippen LogP contribution in [0.25, 0.3) is 0 Å². The third-order valence-electron chi connectivity index (χ3n) is 7.83. The number of aromatic nitrogens is 2. The van der Waals surface area contributed by atoms with Crippen LogP contribution in [-0.2, 0) is 16.1 Å². The fraction of sp³-hybridized carbons (Fsp3) is 0.500. The highest BCUT2D eigenvalue weighted by Gasteiger charge is 2.41. The van der Waals surface area contributed by atoms with Crippen LogP contribution in [0.1, 0.15) is 66.2 Å². The Hall–Kier alpha value is -2.85. The van der Waals surface area contributed by atoms with E-state index in [0.717, 1.165) is 54.0 Å². The van der Waals surface area contributed by atoms with E-state index in [0.29, 0.717) is 30.5 Å². The Labute approximate surface area is 217 Å². The number of nitrogens with one attached hydrogen (secondary N) is 1. The second-order valence-corrected chi connectivity index (χ2v) is 11.1. The lowest BCUT2D eigenvalue weighted by atomic mass is 9.86. The molecule has 1 aromatic heterocycles. The van der Waals surface area contributed by atoms with E-state index in [-0.39, 0.29) is 24.3 Å². The topological polar surface area (TPSA) is 105 Å². The molecule has 10 heteroatoms. The molecular formula is C26H28BrN5O4. The first-order valence-electron chi connectivity index (χ1n) is 12.6. The summed E-state index contributed by atoms with van der Waals surface area (Å²) < 4.78 is 7.41. The number of halogens is 1. The number of benzene rings is 1. The minimum absolute atomic E-state index is 0.0897. The first-order valence-corrected chi connectivity index (χ1v) is 13.4. The summed E-state index contributed by atoms with van der Waals surface area (Å²) in [6, 6.07) is 5.36. The highest BCUT2D eigenvalue weighted by atomic mass is 79.9. The minimum Gasteiger partial charge on any atom is -0.489 e. The summed E-state index contributed by atoms with van der Waals surface area (Å²) in [7, 11) is 0.